The van der Waals surface area contributed by atoms with Gasteiger partial charge in [-0.3, -0.25) is 14.9 Å². The van der Waals surface area contributed by atoms with Crippen molar-refractivity contribution in [3.8, 4) is 23.0 Å². The smallest absolute Gasteiger partial charge is 0.343 e. The molecule has 0 fully saturated rings. The number of Topliss-reactive ketones (excluding diaryl/α,β-unsaturated/α-hetero) is 1. The van der Waals surface area contributed by atoms with Gasteiger partial charge in [-0.1, -0.05) is 6.07 Å². The van der Waals surface area contributed by atoms with Gasteiger partial charge < -0.3 is 18.9 Å². The number of allylic oxidation sites excluding steroid dienone is 1. The fourth-order valence-corrected chi connectivity index (χ4v) is 3.24. The minimum atomic E-state index is -0.778. The van der Waals surface area contributed by atoms with Gasteiger partial charge in [-0.05, 0) is 42.5 Å². The number of nitro groups is 1. The lowest BCUT2D eigenvalue weighted by atomic mass is 10.1. The van der Waals surface area contributed by atoms with Gasteiger partial charge >= 0.3 is 5.97 Å². The van der Waals surface area contributed by atoms with Crippen LogP contribution in [0, 0.1) is 10.1 Å². The summed E-state index contributed by atoms with van der Waals surface area (Å²) in [5.41, 5.74) is 0.686. The Bertz CT molecular complexity index is 1310. The van der Waals surface area contributed by atoms with Gasteiger partial charge in [0, 0.05) is 23.8 Å². The summed E-state index contributed by atoms with van der Waals surface area (Å²) in [5, 5.41) is 10.9. The zero-order valence-electron chi connectivity index (χ0n) is 17.6. The molecule has 1 aliphatic heterocycles. The maximum Gasteiger partial charge on any atom is 0.343 e. The molecule has 0 atom stereocenters. The van der Waals surface area contributed by atoms with E-state index in [9.17, 15) is 19.7 Å². The van der Waals surface area contributed by atoms with Crippen molar-refractivity contribution in [1.29, 1.82) is 0 Å². The molecule has 33 heavy (non-hydrogen) atoms. The molecule has 0 N–H and O–H groups in total. The largest absolute Gasteiger partial charge is 0.497 e. The number of esters is 1. The van der Waals surface area contributed by atoms with E-state index in [1.54, 1.807) is 24.3 Å². The fraction of sp³-hybridized carbons (Fsp3) is 0.0833. The number of fused-ring (bicyclic) bond motifs is 1. The number of carbonyl (C=O) groups excluding carboxylic acids is 2. The third-order valence-electron chi connectivity index (χ3n) is 4.87. The molecule has 1 aliphatic rings. The number of non-ortho nitro benzene ring substituents is 1. The molecule has 9 heteroatoms. The number of ketones is 1. The number of methoxy groups -OCH3 is 2. The standard InChI is InChI=1S/C24H17NO8/c1-30-17-7-9-20(31-2)15(11-17)12-22-23(26)19-8-6-18(13-21(19)33-22)32-24(27)14-4-3-5-16(10-14)25(28)29/h3-13H,1-2H3/b22-12-. The Labute approximate surface area is 187 Å². The normalized spacial score (nSPS) is 13.3. The quantitative estimate of drug-likeness (QED) is 0.179. The van der Waals surface area contributed by atoms with Crippen LogP contribution in [-0.4, -0.2) is 30.9 Å². The lowest BCUT2D eigenvalue weighted by Crippen LogP contribution is -2.08. The van der Waals surface area contributed by atoms with E-state index < -0.39 is 10.9 Å². The van der Waals surface area contributed by atoms with Crippen LogP contribution in [0.25, 0.3) is 6.08 Å². The molecule has 0 saturated heterocycles. The highest BCUT2D eigenvalue weighted by Gasteiger charge is 2.28. The van der Waals surface area contributed by atoms with E-state index in [0.29, 0.717) is 22.6 Å². The summed E-state index contributed by atoms with van der Waals surface area (Å²) in [6.07, 6.45) is 1.54. The second kappa shape index (κ2) is 8.83. The molecule has 0 unspecified atom stereocenters. The van der Waals surface area contributed by atoms with Gasteiger partial charge in [-0.25, -0.2) is 4.79 Å². The third kappa shape index (κ3) is 4.38. The minimum Gasteiger partial charge on any atom is -0.497 e. The number of rotatable bonds is 6. The van der Waals surface area contributed by atoms with E-state index in [4.69, 9.17) is 18.9 Å². The van der Waals surface area contributed by atoms with E-state index in [1.807, 2.05) is 0 Å². The molecular weight excluding hydrogens is 430 g/mol. The second-order valence-corrected chi connectivity index (χ2v) is 6.90. The number of ether oxygens (including phenoxy) is 4. The van der Waals surface area contributed by atoms with Crippen LogP contribution in [0.2, 0.25) is 0 Å². The van der Waals surface area contributed by atoms with E-state index in [2.05, 4.69) is 0 Å². The molecule has 3 aromatic rings. The highest BCUT2D eigenvalue weighted by Crippen LogP contribution is 2.36. The molecule has 3 aromatic carbocycles. The topological polar surface area (TPSA) is 114 Å². The maximum atomic E-state index is 12.8. The molecule has 0 amide bonds. The number of hydrogen-bond donors (Lipinski definition) is 0. The van der Waals surface area contributed by atoms with E-state index in [1.165, 1.54) is 50.6 Å². The van der Waals surface area contributed by atoms with Crippen molar-refractivity contribution in [2.24, 2.45) is 0 Å². The van der Waals surface area contributed by atoms with Gasteiger partial charge in [0.05, 0.1) is 30.3 Å². The lowest BCUT2D eigenvalue weighted by molar-refractivity contribution is -0.384. The van der Waals surface area contributed by atoms with Crippen LogP contribution in [0.5, 0.6) is 23.0 Å². The second-order valence-electron chi connectivity index (χ2n) is 6.90. The van der Waals surface area contributed by atoms with Crippen molar-refractivity contribution >= 4 is 23.5 Å². The van der Waals surface area contributed by atoms with Crippen molar-refractivity contribution < 1.29 is 33.5 Å². The number of benzene rings is 3. The van der Waals surface area contributed by atoms with Gasteiger partial charge in [-0.2, -0.15) is 0 Å². The monoisotopic (exact) mass is 447 g/mol. The molecule has 0 saturated carbocycles. The summed E-state index contributed by atoms with van der Waals surface area (Å²) in [4.78, 5) is 35.5. The Morgan fingerprint density at radius 2 is 1.79 bits per heavy atom. The number of hydrogen-bond acceptors (Lipinski definition) is 8. The van der Waals surface area contributed by atoms with Gasteiger partial charge in [0.1, 0.15) is 23.0 Å². The Kier molecular flexibility index (Phi) is 5.77. The molecule has 9 nitrogen and oxygen atoms in total. The van der Waals surface area contributed by atoms with E-state index >= 15 is 0 Å². The first-order valence-corrected chi connectivity index (χ1v) is 9.66. The first-order chi connectivity index (χ1) is 15.9. The summed E-state index contributed by atoms with van der Waals surface area (Å²) in [6, 6.07) is 14.7. The number of carbonyl (C=O) groups is 2. The Morgan fingerprint density at radius 1 is 1.00 bits per heavy atom. The summed E-state index contributed by atoms with van der Waals surface area (Å²) >= 11 is 0. The van der Waals surface area contributed by atoms with Gasteiger partial charge in [0.15, 0.2) is 5.76 Å². The Morgan fingerprint density at radius 3 is 2.52 bits per heavy atom. The first-order valence-electron chi connectivity index (χ1n) is 9.66. The van der Waals surface area contributed by atoms with E-state index in [-0.39, 0.29) is 34.3 Å². The van der Waals surface area contributed by atoms with Crippen LogP contribution in [0.1, 0.15) is 26.3 Å². The van der Waals surface area contributed by atoms with Crippen molar-refractivity contribution in [2.45, 2.75) is 0 Å². The summed E-state index contributed by atoms with van der Waals surface area (Å²) < 4.78 is 21.6. The zero-order chi connectivity index (χ0) is 23.5. The summed E-state index contributed by atoms with van der Waals surface area (Å²) in [6.45, 7) is 0. The van der Waals surface area contributed by atoms with Crippen LogP contribution in [-0.2, 0) is 0 Å². The average Bonchev–Trinajstić information content (AvgIpc) is 3.13. The third-order valence-corrected chi connectivity index (χ3v) is 4.87. The Hall–Kier alpha value is -4.66. The predicted octanol–water partition coefficient (Wildman–Crippen LogP) is 4.45. The van der Waals surface area contributed by atoms with Crippen molar-refractivity contribution in [3.63, 3.8) is 0 Å². The van der Waals surface area contributed by atoms with Crippen LogP contribution in [0.3, 0.4) is 0 Å². The highest BCUT2D eigenvalue weighted by atomic mass is 16.6. The van der Waals surface area contributed by atoms with Crippen LogP contribution in [0.4, 0.5) is 5.69 Å². The van der Waals surface area contributed by atoms with Crippen LogP contribution in [0.15, 0.2) is 66.4 Å². The highest BCUT2D eigenvalue weighted by molar-refractivity contribution is 6.14. The molecule has 0 spiro atoms. The van der Waals surface area contributed by atoms with Crippen LogP contribution < -0.4 is 18.9 Å². The predicted molar refractivity (Wildman–Crippen MR) is 117 cm³/mol. The molecule has 0 aliphatic carbocycles. The minimum absolute atomic E-state index is 0.0207. The molecule has 1 heterocycles. The molecule has 4 rings (SSSR count). The van der Waals surface area contributed by atoms with E-state index in [0.717, 1.165) is 6.07 Å². The van der Waals surface area contributed by atoms with Gasteiger partial charge in [-0.15, -0.1) is 0 Å². The number of nitrogens with zero attached hydrogens (tertiary/aromatic N) is 1. The van der Waals surface area contributed by atoms with Crippen LogP contribution >= 0.6 is 0 Å². The molecule has 0 bridgehead atoms. The fourth-order valence-electron chi connectivity index (χ4n) is 3.24. The Balaban J connectivity index is 1.57. The summed E-state index contributed by atoms with van der Waals surface area (Å²) in [7, 11) is 3.04. The molecular formula is C24H17NO8. The van der Waals surface area contributed by atoms with Crippen molar-refractivity contribution in [2.75, 3.05) is 14.2 Å². The van der Waals surface area contributed by atoms with Crippen molar-refractivity contribution in [3.05, 3.63) is 93.2 Å². The van der Waals surface area contributed by atoms with Gasteiger partial charge in [0.25, 0.3) is 5.69 Å². The SMILES string of the molecule is COc1ccc(OC)c(/C=C2\Oc3cc(OC(=O)c4cccc([N+](=O)[O-])c4)ccc3C2=O)c1. The molecule has 166 valence electrons. The summed E-state index contributed by atoms with van der Waals surface area (Å²) in [5.74, 6) is 0.406. The molecule has 0 aromatic heterocycles. The molecule has 0 radical (unpaired) electrons. The first kappa shape index (κ1) is 21.6. The average molecular weight is 447 g/mol. The zero-order valence-corrected chi connectivity index (χ0v) is 17.6. The maximum absolute atomic E-state index is 12.8. The lowest BCUT2D eigenvalue weighted by Gasteiger charge is -2.08. The number of nitro benzene ring substituents is 1. The van der Waals surface area contributed by atoms with Crippen molar-refractivity contribution in [1.82, 2.24) is 0 Å². The van der Waals surface area contributed by atoms with Gasteiger partial charge in [0.2, 0.25) is 5.78 Å².